The van der Waals surface area contributed by atoms with Crippen molar-refractivity contribution in [3.05, 3.63) is 29.8 Å². The van der Waals surface area contributed by atoms with Gasteiger partial charge in [0.25, 0.3) is 0 Å². The lowest BCUT2D eigenvalue weighted by atomic mass is 9.95. The topological polar surface area (TPSA) is 9.23 Å². The van der Waals surface area contributed by atoms with Crippen LogP contribution in [0.2, 0.25) is 18.1 Å². The minimum absolute atomic E-state index is 0.257. The van der Waals surface area contributed by atoms with Gasteiger partial charge in [-0.2, -0.15) is 0 Å². The molecule has 0 N–H and O–H groups in total. The molecule has 0 heterocycles. The van der Waals surface area contributed by atoms with Gasteiger partial charge in [0.1, 0.15) is 7.85 Å². The third-order valence-corrected chi connectivity index (χ3v) is 7.84. The van der Waals surface area contributed by atoms with Crippen LogP contribution in [0.3, 0.4) is 0 Å². The summed E-state index contributed by atoms with van der Waals surface area (Å²) in [7, 11) is 4.09. The van der Waals surface area contributed by atoms with Crippen molar-refractivity contribution in [1.29, 1.82) is 0 Å². The van der Waals surface area contributed by atoms with E-state index < -0.39 is 8.32 Å². The predicted octanol–water partition coefficient (Wildman–Crippen LogP) is 3.00. The first-order valence-corrected chi connectivity index (χ1v) is 8.61. The van der Waals surface area contributed by atoms with Crippen LogP contribution in [0.15, 0.2) is 24.3 Å². The largest absolute Gasteiger partial charge is 0.413 e. The molecule has 0 fully saturated rings. The van der Waals surface area contributed by atoms with Crippen molar-refractivity contribution in [2.75, 3.05) is 0 Å². The summed E-state index contributed by atoms with van der Waals surface area (Å²) in [5.41, 5.74) is 1.96. The van der Waals surface area contributed by atoms with Crippen LogP contribution in [0.25, 0.3) is 0 Å². The monoisotopic (exact) mass is 232 g/mol. The highest BCUT2D eigenvalue weighted by Crippen LogP contribution is 2.36. The van der Waals surface area contributed by atoms with Crippen LogP contribution in [0.1, 0.15) is 26.3 Å². The standard InChI is InChI=1S/C13H21BOSi/c1-13(2,3)16(4,5)15-10-11-7-6-8-12(14)9-11/h6-9H,10H2,1-5H3. The summed E-state index contributed by atoms with van der Waals surface area (Å²) in [6, 6.07) is 7.91. The maximum absolute atomic E-state index is 6.12. The van der Waals surface area contributed by atoms with Gasteiger partial charge in [-0.25, -0.2) is 0 Å². The number of hydrogen-bond donors (Lipinski definition) is 0. The molecule has 0 aromatic heterocycles. The zero-order valence-electron chi connectivity index (χ0n) is 11.0. The first kappa shape index (κ1) is 13.5. The molecule has 1 nitrogen and oxygen atoms in total. The second-order valence-electron chi connectivity index (χ2n) is 5.79. The molecule has 0 saturated heterocycles. The fraction of sp³-hybridized carbons (Fsp3) is 0.538. The molecule has 0 bridgehead atoms. The van der Waals surface area contributed by atoms with Crippen LogP contribution in [0, 0.1) is 0 Å². The van der Waals surface area contributed by atoms with E-state index in [0.717, 1.165) is 11.0 Å². The summed E-state index contributed by atoms with van der Waals surface area (Å²) in [4.78, 5) is 0. The first-order chi connectivity index (χ1) is 7.22. The van der Waals surface area contributed by atoms with Crippen molar-refractivity contribution in [2.24, 2.45) is 0 Å². The van der Waals surface area contributed by atoms with Crippen LogP contribution >= 0.6 is 0 Å². The van der Waals surface area contributed by atoms with Crippen LogP contribution in [0.4, 0.5) is 0 Å². The molecule has 1 aromatic carbocycles. The third kappa shape index (κ3) is 3.49. The normalized spacial score (nSPS) is 12.8. The zero-order valence-corrected chi connectivity index (χ0v) is 12.0. The van der Waals surface area contributed by atoms with E-state index in [2.05, 4.69) is 39.9 Å². The molecule has 0 aliphatic heterocycles. The predicted molar refractivity (Wildman–Crippen MR) is 73.8 cm³/mol. The molecule has 1 aromatic rings. The van der Waals surface area contributed by atoms with Gasteiger partial charge in [-0.1, -0.05) is 50.5 Å². The van der Waals surface area contributed by atoms with Crippen molar-refractivity contribution >= 4 is 21.6 Å². The van der Waals surface area contributed by atoms with E-state index in [9.17, 15) is 0 Å². The minimum atomic E-state index is -1.65. The molecule has 0 saturated carbocycles. The summed E-state index contributed by atoms with van der Waals surface area (Å²) in [6.45, 7) is 11.9. The Hall–Kier alpha value is -0.538. The number of benzene rings is 1. The van der Waals surface area contributed by atoms with Crippen LogP contribution in [-0.4, -0.2) is 16.2 Å². The van der Waals surface area contributed by atoms with E-state index in [4.69, 9.17) is 12.3 Å². The molecule has 86 valence electrons. The highest BCUT2D eigenvalue weighted by Gasteiger charge is 2.36. The maximum Gasteiger partial charge on any atom is 0.192 e. The van der Waals surface area contributed by atoms with Crippen molar-refractivity contribution in [2.45, 2.75) is 45.5 Å². The summed E-state index contributed by atoms with van der Waals surface area (Å²) in [5.74, 6) is 0. The maximum atomic E-state index is 6.12. The Morgan fingerprint density at radius 1 is 1.25 bits per heavy atom. The molecule has 0 aliphatic rings. The lowest BCUT2D eigenvalue weighted by Crippen LogP contribution is -2.40. The van der Waals surface area contributed by atoms with E-state index >= 15 is 0 Å². The quantitative estimate of drug-likeness (QED) is 0.728. The first-order valence-electron chi connectivity index (χ1n) is 5.71. The van der Waals surface area contributed by atoms with Gasteiger partial charge in [0, 0.05) is 0 Å². The van der Waals surface area contributed by atoms with Crippen LogP contribution in [0.5, 0.6) is 0 Å². The highest BCUT2D eigenvalue weighted by molar-refractivity contribution is 6.74. The lowest BCUT2D eigenvalue weighted by molar-refractivity contribution is 0.276. The molecule has 3 heteroatoms. The highest BCUT2D eigenvalue weighted by atomic mass is 28.4. The number of rotatable bonds is 3. The minimum Gasteiger partial charge on any atom is -0.413 e. The van der Waals surface area contributed by atoms with Gasteiger partial charge in [0.05, 0.1) is 6.61 Å². The summed E-state index contributed by atoms with van der Waals surface area (Å²) in [5, 5.41) is 0.257. The SMILES string of the molecule is [B]c1cccc(CO[Si](C)(C)C(C)(C)C)c1. The Labute approximate surface area is 102 Å². The van der Waals surface area contributed by atoms with Gasteiger partial charge >= 0.3 is 0 Å². The molecule has 16 heavy (non-hydrogen) atoms. The average molecular weight is 232 g/mol. The van der Waals surface area contributed by atoms with Crippen molar-refractivity contribution in [3.63, 3.8) is 0 Å². The zero-order chi connectivity index (χ0) is 12.4. The Morgan fingerprint density at radius 3 is 2.38 bits per heavy atom. The van der Waals surface area contributed by atoms with E-state index in [1.54, 1.807) is 0 Å². The molecule has 1 rings (SSSR count). The molecule has 0 unspecified atom stereocenters. The van der Waals surface area contributed by atoms with Crippen LogP contribution in [-0.2, 0) is 11.0 Å². The number of hydrogen-bond acceptors (Lipinski definition) is 1. The molecular weight excluding hydrogens is 211 g/mol. The van der Waals surface area contributed by atoms with E-state index in [1.165, 1.54) is 0 Å². The molecular formula is C13H21BOSi. The second kappa shape index (κ2) is 4.76. The summed E-state index contributed by atoms with van der Waals surface area (Å²) >= 11 is 0. The van der Waals surface area contributed by atoms with E-state index in [1.807, 2.05) is 18.2 Å². The van der Waals surface area contributed by atoms with Crippen LogP contribution < -0.4 is 5.46 Å². The van der Waals surface area contributed by atoms with E-state index in [-0.39, 0.29) is 5.04 Å². The molecule has 0 atom stereocenters. The van der Waals surface area contributed by atoms with Crippen molar-refractivity contribution in [3.8, 4) is 0 Å². The fourth-order valence-corrected chi connectivity index (χ4v) is 2.12. The Bertz CT molecular complexity index is 355. The Balaban J connectivity index is 2.65. The Morgan fingerprint density at radius 2 is 1.88 bits per heavy atom. The Kier molecular flexibility index (Phi) is 4.03. The van der Waals surface area contributed by atoms with Crippen molar-refractivity contribution < 1.29 is 4.43 Å². The van der Waals surface area contributed by atoms with Gasteiger partial charge in [0.2, 0.25) is 0 Å². The van der Waals surface area contributed by atoms with Gasteiger partial charge in [-0.15, -0.1) is 0 Å². The van der Waals surface area contributed by atoms with Gasteiger partial charge in [-0.05, 0) is 23.7 Å². The smallest absolute Gasteiger partial charge is 0.192 e. The molecule has 0 aliphatic carbocycles. The van der Waals surface area contributed by atoms with Gasteiger partial charge in [-0.3, -0.25) is 0 Å². The molecule has 2 radical (unpaired) electrons. The summed E-state index contributed by atoms with van der Waals surface area (Å²) in [6.07, 6.45) is 0. The second-order valence-corrected chi connectivity index (χ2v) is 10.6. The average Bonchev–Trinajstić information content (AvgIpc) is 2.13. The van der Waals surface area contributed by atoms with Crippen molar-refractivity contribution in [1.82, 2.24) is 0 Å². The van der Waals surface area contributed by atoms with Gasteiger partial charge in [0.15, 0.2) is 8.32 Å². The lowest BCUT2D eigenvalue weighted by Gasteiger charge is -2.36. The van der Waals surface area contributed by atoms with Gasteiger partial charge < -0.3 is 4.43 Å². The third-order valence-electron chi connectivity index (χ3n) is 3.36. The fourth-order valence-electron chi connectivity index (χ4n) is 1.16. The molecule has 0 spiro atoms. The van der Waals surface area contributed by atoms with E-state index in [0.29, 0.717) is 6.61 Å². The molecule has 0 amide bonds. The summed E-state index contributed by atoms with van der Waals surface area (Å²) < 4.78 is 6.12.